The summed E-state index contributed by atoms with van der Waals surface area (Å²) in [5.41, 5.74) is 5.90. The zero-order valence-electron chi connectivity index (χ0n) is 12.7. The summed E-state index contributed by atoms with van der Waals surface area (Å²) in [6.07, 6.45) is 0. The molecule has 1 saturated heterocycles. The summed E-state index contributed by atoms with van der Waals surface area (Å²) in [5, 5.41) is 3.30. The molecule has 0 radical (unpaired) electrons. The monoisotopic (exact) mass is 280 g/mol. The van der Waals surface area contributed by atoms with Crippen molar-refractivity contribution in [2.75, 3.05) is 42.3 Å². The third-order valence-corrected chi connectivity index (χ3v) is 3.58. The van der Waals surface area contributed by atoms with Crippen molar-refractivity contribution in [2.24, 2.45) is 5.41 Å². The van der Waals surface area contributed by atoms with Crippen LogP contribution in [0.5, 0.6) is 0 Å². The van der Waals surface area contributed by atoms with Gasteiger partial charge in [0, 0.05) is 19.1 Å². The highest BCUT2D eigenvalue weighted by Gasteiger charge is 2.22. The second-order valence-corrected chi connectivity index (χ2v) is 6.15. The summed E-state index contributed by atoms with van der Waals surface area (Å²) in [6.45, 7) is 11.5. The maximum Gasteiger partial charge on any atom is 0.232 e. The molecule has 3 N–H and O–H groups in total. The van der Waals surface area contributed by atoms with E-state index in [1.165, 1.54) is 0 Å². The highest BCUT2D eigenvalue weighted by Crippen LogP contribution is 2.22. The van der Waals surface area contributed by atoms with Crippen LogP contribution in [0.15, 0.2) is 0 Å². The molecule has 1 aromatic rings. The van der Waals surface area contributed by atoms with E-state index in [9.17, 15) is 0 Å². The van der Waals surface area contributed by atoms with Crippen LogP contribution in [-0.2, 0) is 4.74 Å². The normalized spacial score (nSPS) is 17.9. The average Bonchev–Trinajstić information content (AvgIpc) is 2.38. The lowest BCUT2D eigenvalue weighted by Crippen LogP contribution is -2.38. The lowest BCUT2D eigenvalue weighted by molar-refractivity contribution is 0.122. The van der Waals surface area contributed by atoms with Crippen LogP contribution < -0.4 is 16.0 Å². The molecule has 7 nitrogen and oxygen atoms in total. The van der Waals surface area contributed by atoms with Crippen molar-refractivity contribution in [3.8, 4) is 0 Å². The molecule has 0 saturated carbocycles. The molecule has 2 heterocycles. The van der Waals surface area contributed by atoms with Crippen molar-refractivity contribution >= 4 is 17.8 Å². The number of rotatable bonds is 3. The second kappa shape index (κ2) is 5.78. The van der Waals surface area contributed by atoms with Crippen molar-refractivity contribution < 1.29 is 4.74 Å². The fourth-order valence-corrected chi connectivity index (χ4v) is 1.76. The number of nitrogen functional groups attached to an aromatic ring is 1. The minimum Gasteiger partial charge on any atom is -0.378 e. The smallest absolute Gasteiger partial charge is 0.232 e. The SMILES string of the molecule is CC(Nc1nc(N)nc(N2CCOCC2)n1)C(C)(C)C. The fraction of sp³-hybridized carbons (Fsp3) is 0.769. The maximum absolute atomic E-state index is 5.79. The third-order valence-electron chi connectivity index (χ3n) is 3.58. The zero-order valence-corrected chi connectivity index (χ0v) is 12.7. The Labute approximate surface area is 119 Å². The van der Waals surface area contributed by atoms with E-state index < -0.39 is 0 Å². The molecule has 1 aromatic heterocycles. The maximum atomic E-state index is 5.79. The number of anilines is 3. The molecule has 0 aromatic carbocycles. The Morgan fingerprint density at radius 1 is 1.20 bits per heavy atom. The van der Waals surface area contributed by atoms with E-state index in [1.54, 1.807) is 0 Å². The number of nitrogens with zero attached hydrogens (tertiary/aromatic N) is 4. The Balaban J connectivity index is 2.15. The van der Waals surface area contributed by atoms with Crippen molar-refractivity contribution in [3.63, 3.8) is 0 Å². The second-order valence-electron chi connectivity index (χ2n) is 6.15. The number of morpholine rings is 1. The van der Waals surface area contributed by atoms with Gasteiger partial charge < -0.3 is 20.7 Å². The summed E-state index contributed by atoms with van der Waals surface area (Å²) in [6, 6.07) is 0.224. The summed E-state index contributed by atoms with van der Waals surface area (Å²) >= 11 is 0. The van der Waals surface area contributed by atoms with Gasteiger partial charge in [-0.15, -0.1) is 0 Å². The van der Waals surface area contributed by atoms with E-state index in [-0.39, 0.29) is 17.4 Å². The van der Waals surface area contributed by atoms with E-state index >= 15 is 0 Å². The Hall–Kier alpha value is -1.63. The summed E-state index contributed by atoms with van der Waals surface area (Å²) in [7, 11) is 0. The van der Waals surface area contributed by atoms with Crippen molar-refractivity contribution in [1.82, 2.24) is 15.0 Å². The molecule has 1 aliphatic rings. The molecule has 7 heteroatoms. The Bertz CT molecular complexity index is 453. The van der Waals surface area contributed by atoms with Crippen LogP contribution in [-0.4, -0.2) is 47.3 Å². The lowest BCUT2D eigenvalue weighted by Gasteiger charge is -2.29. The van der Waals surface area contributed by atoms with Crippen LogP contribution >= 0.6 is 0 Å². The van der Waals surface area contributed by atoms with Gasteiger partial charge in [-0.25, -0.2) is 0 Å². The molecular weight excluding hydrogens is 256 g/mol. The molecule has 1 aliphatic heterocycles. The highest BCUT2D eigenvalue weighted by molar-refractivity contribution is 5.42. The van der Waals surface area contributed by atoms with Crippen molar-refractivity contribution in [3.05, 3.63) is 0 Å². The highest BCUT2D eigenvalue weighted by atomic mass is 16.5. The quantitative estimate of drug-likeness (QED) is 0.858. The van der Waals surface area contributed by atoms with Crippen LogP contribution in [0.25, 0.3) is 0 Å². The number of nitrogens with two attached hydrogens (primary N) is 1. The topological polar surface area (TPSA) is 89.2 Å². The Morgan fingerprint density at radius 2 is 1.85 bits per heavy atom. The molecule has 0 amide bonds. The molecule has 112 valence electrons. The summed E-state index contributed by atoms with van der Waals surface area (Å²) in [4.78, 5) is 14.9. The minimum absolute atomic E-state index is 0.112. The zero-order chi connectivity index (χ0) is 14.8. The minimum atomic E-state index is 0.112. The van der Waals surface area contributed by atoms with Crippen molar-refractivity contribution in [2.45, 2.75) is 33.7 Å². The molecule has 0 spiro atoms. The molecule has 2 rings (SSSR count). The van der Waals surface area contributed by atoms with Gasteiger partial charge in [-0.3, -0.25) is 0 Å². The van der Waals surface area contributed by atoms with Gasteiger partial charge in [0.1, 0.15) is 0 Å². The van der Waals surface area contributed by atoms with Crippen molar-refractivity contribution in [1.29, 1.82) is 0 Å². The fourth-order valence-electron chi connectivity index (χ4n) is 1.76. The molecule has 1 unspecified atom stereocenters. The van der Waals surface area contributed by atoms with Crippen LogP contribution in [0.2, 0.25) is 0 Å². The number of ether oxygens (including phenoxy) is 1. The number of hydrogen-bond donors (Lipinski definition) is 2. The lowest BCUT2D eigenvalue weighted by atomic mass is 9.88. The predicted octanol–water partition coefficient (Wildman–Crippen LogP) is 1.14. The first-order chi connectivity index (χ1) is 9.36. The largest absolute Gasteiger partial charge is 0.378 e. The van der Waals surface area contributed by atoms with E-state index in [0.717, 1.165) is 13.1 Å². The first kappa shape index (κ1) is 14.8. The summed E-state index contributed by atoms with van der Waals surface area (Å²) in [5.74, 6) is 1.39. The first-order valence-electron chi connectivity index (χ1n) is 6.97. The molecular formula is C13H24N6O. The van der Waals surface area contributed by atoms with E-state index in [2.05, 4.69) is 52.9 Å². The standard InChI is InChI=1S/C13H24N6O/c1-9(13(2,3)4)15-11-16-10(14)17-12(18-11)19-5-7-20-8-6-19/h9H,5-8H2,1-4H3,(H3,14,15,16,17,18). The van der Waals surface area contributed by atoms with Gasteiger partial charge in [0.2, 0.25) is 17.8 Å². The van der Waals surface area contributed by atoms with E-state index in [0.29, 0.717) is 25.1 Å². The molecule has 20 heavy (non-hydrogen) atoms. The molecule has 0 bridgehead atoms. The van der Waals surface area contributed by atoms with Gasteiger partial charge >= 0.3 is 0 Å². The summed E-state index contributed by atoms with van der Waals surface area (Å²) < 4.78 is 5.33. The van der Waals surface area contributed by atoms with Crippen LogP contribution in [0.4, 0.5) is 17.8 Å². The van der Waals surface area contributed by atoms with Gasteiger partial charge in [-0.2, -0.15) is 15.0 Å². The molecule has 1 atom stereocenters. The van der Waals surface area contributed by atoms with Gasteiger partial charge in [0.25, 0.3) is 0 Å². The first-order valence-corrected chi connectivity index (χ1v) is 6.97. The van der Waals surface area contributed by atoms with Gasteiger partial charge in [-0.1, -0.05) is 20.8 Å². The van der Waals surface area contributed by atoms with E-state index in [1.807, 2.05) is 0 Å². The number of hydrogen-bond acceptors (Lipinski definition) is 7. The van der Waals surface area contributed by atoms with Gasteiger partial charge in [-0.05, 0) is 12.3 Å². The Morgan fingerprint density at radius 3 is 2.45 bits per heavy atom. The van der Waals surface area contributed by atoms with Crippen LogP contribution in [0.3, 0.4) is 0 Å². The average molecular weight is 280 g/mol. The van der Waals surface area contributed by atoms with Gasteiger partial charge in [0.15, 0.2) is 0 Å². The number of aromatic nitrogens is 3. The van der Waals surface area contributed by atoms with E-state index in [4.69, 9.17) is 10.5 Å². The number of nitrogens with one attached hydrogen (secondary N) is 1. The third kappa shape index (κ3) is 3.69. The Kier molecular flexibility index (Phi) is 4.27. The van der Waals surface area contributed by atoms with Gasteiger partial charge in [0.05, 0.1) is 13.2 Å². The molecule has 1 fully saturated rings. The van der Waals surface area contributed by atoms with Crippen LogP contribution in [0.1, 0.15) is 27.7 Å². The van der Waals surface area contributed by atoms with Crippen LogP contribution in [0, 0.1) is 5.41 Å². The molecule has 0 aliphatic carbocycles. The predicted molar refractivity (Wildman–Crippen MR) is 79.8 cm³/mol.